The topological polar surface area (TPSA) is 71.0 Å². The van der Waals surface area contributed by atoms with Crippen molar-refractivity contribution in [3.05, 3.63) is 23.3 Å². The van der Waals surface area contributed by atoms with Gasteiger partial charge in [0.2, 0.25) is 0 Å². The van der Waals surface area contributed by atoms with E-state index in [0.29, 0.717) is 11.8 Å². The summed E-state index contributed by atoms with van der Waals surface area (Å²) >= 11 is 0. The fraction of sp³-hybridized carbons (Fsp3) is 0.760. The van der Waals surface area contributed by atoms with Gasteiger partial charge in [0.15, 0.2) is 11.5 Å². The van der Waals surface area contributed by atoms with Gasteiger partial charge >= 0.3 is 0 Å². The first-order valence-corrected chi connectivity index (χ1v) is 11.6. The van der Waals surface area contributed by atoms with Crippen molar-refractivity contribution in [1.29, 1.82) is 0 Å². The molecule has 4 aliphatic rings. The summed E-state index contributed by atoms with van der Waals surface area (Å²) in [5, 5.41) is 26.4. The number of ether oxygens (including phenoxy) is 2. The summed E-state index contributed by atoms with van der Waals surface area (Å²) in [6.45, 7) is 11.5. The average Bonchev–Trinajstić information content (AvgIpc) is 3.02. The van der Waals surface area contributed by atoms with Gasteiger partial charge in [-0.1, -0.05) is 33.8 Å². The fourth-order valence-electron chi connectivity index (χ4n) is 7.71. The van der Waals surface area contributed by atoms with Crippen molar-refractivity contribution >= 4 is 0 Å². The number of methoxy groups -OCH3 is 1. The van der Waals surface area contributed by atoms with Crippen molar-refractivity contribution in [3.8, 4) is 11.5 Å². The normalized spacial score (nSPS) is 41.0. The highest BCUT2D eigenvalue weighted by atomic mass is 16.5. The molecule has 5 heteroatoms. The van der Waals surface area contributed by atoms with Gasteiger partial charge in [0.25, 0.3) is 0 Å². The van der Waals surface area contributed by atoms with Crippen LogP contribution in [0.3, 0.4) is 0 Å². The zero-order valence-corrected chi connectivity index (χ0v) is 19.2. The Bertz CT molecular complexity index is 875. The third kappa shape index (κ3) is 2.14. The number of hydrogen-bond acceptors (Lipinski definition) is 5. The van der Waals surface area contributed by atoms with Crippen molar-refractivity contribution in [1.82, 2.24) is 5.32 Å². The van der Waals surface area contributed by atoms with E-state index in [1.807, 2.05) is 6.92 Å². The summed E-state index contributed by atoms with van der Waals surface area (Å²) in [5.74, 6) is 0.822. The first-order valence-electron chi connectivity index (χ1n) is 11.6. The van der Waals surface area contributed by atoms with E-state index in [4.69, 9.17) is 9.47 Å². The largest absolute Gasteiger partial charge is 0.504 e. The van der Waals surface area contributed by atoms with E-state index >= 15 is 0 Å². The first-order chi connectivity index (χ1) is 14.0. The molecule has 1 spiro atoms. The Morgan fingerprint density at radius 2 is 2.00 bits per heavy atom. The maximum atomic E-state index is 11.9. The number of phenolic OH excluding ortho intramolecular Hbond substituents is 1. The zero-order chi connectivity index (χ0) is 21.7. The van der Waals surface area contributed by atoms with E-state index in [0.717, 1.165) is 32.2 Å². The SMILES string of the molecule is CC[C@]12C[C@H]([C@](C)(O)C(C)(C)C)C(OC)[C@@H]3Oc4c(O)ccc5c4C31CCN[C@@H]2C5. The monoisotopic (exact) mass is 415 g/mol. The van der Waals surface area contributed by atoms with Gasteiger partial charge in [-0.05, 0) is 61.6 Å². The summed E-state index contributed by atoms with van der Waals surface area (Å²) in [6, 6.07) is 4.20. The molecule has 2 aliphatic carbocycles. The Kier molecular flexibility index (Phi) is 4.22. The average molecular weight is 416 g/mol. The van der Waals surface area contributed by atoms with Gasteiger partial charge in [-0.3, -0.25) is 0 Å². The highest BCUT2D eigenvalue weighted by molar-refractivity contribution is 5.62. The molecule has 2 heterocycles. The molecule has 2 aliphatic heterocycles. The van der Waals surface area contributed by atoms with Gasteiger partial charge in [0.1, 0.15) is 12.2 Å². The van der Waals surface area contributed by atoms with Crippen LogP contribution in [0, 0.1) is 16.7 Å². The molecule has 2 unspecified atom stereocenters. The van der Waals surface area contributed by atoms with Crippen LogP contribution in [-0.2, 0) is 16.6 Å². The molecule has 1 aromatic carbocycles. The summed E-state index contributed by atoms with van der Waals surface area (Å²) in [4.78, 5) is 0. The molecule has 166 valence electrons. The van der Waals surface area contributed by atoms with Gasteiger partial charge < -0.3 is 25.0 Å². The summed E-state index contributed by atoms with van der Waals surface area (Å²) in [5.41, 5.74) is 1.06. The van der Waals surface area contributed by atoms with Crippen LogP contribution in [0.5, 0.6) is 11.5 Å². The highest BCUT2D eigenvalue weighted by Crippen LogP contribution is 2.71. The number of nitrogens with one attached hydrogen (secondary N) is 1. The molecular weight excluding hydrogens is 378 g/mol. The third-order valence-corrected chi connectivity index (χ3v) is 9.71. The maximum absolute atomic E-state index is 11.9. The van der Waals surface area contributed by atoms with Gasteiger partial charge in [0.05, 0.1) is 5.60 Å². The molecule has 0 radical (unpaired) electrons. The lowest BCUT2D eigenvalue weighted by molar-refractivity contribution is -0.224. The van der Waals surface area contributed by atoms with Crippen LogP contribution in [0.1, 0.15) is 65.0 Å². The van der Waals surface area contributed by atoms with E-state index in [1.54, 1.807) is 13.2 Å². The van der Waals surface area contributed by atoms with Crippen molar-refractivity contribution < 1.29 is 19.7 Å². The highest BCUT2D eigenvalue weighted by Gasteiger charge is 2.74. The number of benzene rings is 1. The molecule has 1 aromatic rings. The van der Waals surface area contributed by atoms with Crippen LogP contribution in [-0.4, -0.2) is 47.7 Å². The van der Waals surface area contributed by atoms with E-state index in [2.05, 4.69) is 39.1 Å². The van der Waals surface area contributed by atoms with Crippen LogP contribution in [0.15, 0.2) is 12.1 Å². The minimum absolute atomic E-state index is 0.0447. The van der Waals surface area contributed by atoms with Crippen LogP contribution < -0.4 is 10.1 Å². The Hall–Kier alpha value is -1.30. The van der Waals surface area contributed by atoms with E-state index in [-0.39, 0.29) is 40.1 Å². The molecule has 0 aromatic heterocycles. The lowest BCUT2D eigenvalue weighted by Gasteiger charge is -2.67. The molecule has 5 nitrogen and oxygen atoms in total. The molecule has 7 atom stereocenters. The van der Waals surface area contributed by atoms with Crippen molar-refractivity contribution in [2.75, 3.05) is 13.7 Å². The molecule has 1 saturated heterocycles. The second kappa shape index (κ2) is 6.14. The standard InChI is InChI=1S/C25H37NO4/c1-7-24-13-15(23(5,28)22(2,3)4)19(29-6)21-25(24)10-11-26-17(24)12-14-8-9-16(27)20(30-21)18(14)25/h8-9,15,17,19,21,26-28H,7,10-13H2,1-6H3/t15-,17+,19?,21-,23-,24+,25?/m0/s1. The second-order valence-corrected chi connectivity index (χ2v) is 11.3. The predicted octanol–water partition coefficient (Wildman–Crippen LogP) is 3.54. The number of rotatable bonds is 3. The van der Waals surface area contributed by atoms with Crippen LogP contribution in [0.4, 0.5) is 0 Å². The second-order valence-electron chi connectivity index (χ2n) is 11.3. The lowest BCUT2D eigenvalue weighted by atomic mass is 9.40. The third-order valence-electron chi connectivity index (χ3n) is 9.71. The smallest absolute Gasteiger partial charge is 0.165 e. The molecule has 0 amide bonds. The Balaban J connectivity index is 1.77. The molecule has 5 rings (SSSR count). The fourth-order valence-corrected chi connectivity index (χ4v) is 7.71. The molecule has 30 heavy (non-hydrogen) atoms. The summed E-state index contributed by atoms with van der Waals surface area (Å²) in [7, 11) is 1.75. The summed E-state index contributed by atoms with van der Waals surface area (Å²) in [6.07, 6.45) is 3.36. The van der Waals surface area contributed by atoms with Gasteiger partial charge in [-0.2, -0.15) is 0 Å². The van der Waals surface area contributed by atoms with Gasteiger partial charge in [0, 0.05) is 30.0 Å². The molecule has 1 saturated carbocycles. The number of piperidine rings is 1. The van der Waals surface area contributed by atoms with E-state index in [1.165, 1.54) is 11.1 Å². The number of phenols is 1. The van der Waals surface area contributed by atoms with Crippen molar-refractivity contribution in [2.24, 2.45) is 16.7 Å². The van der Waals surface area contributed by atoms with Crippen LogP contribution in [0.25, 0.3) is 0 Å². The van der Waals surface area contributed by atoms with Gasteiger partial charge in [-0.25, -0.2) is 0 Å². The quantitative estimate of drug-likeness (QED) is 0.704. The Morgan fingerprint density at radius 1 is 1.27 bits per heavy atom. The lowest BCUT2D eigenvalue weighted by Crippen LogP contribution is -2.76. The zero-order valence-electron chi connectivity index (χ0n) is 19.2. The van der Waals surface area contributed by atoms with E-state index < -0.39 is 5.60 Å². The van der Waals surface area contributed by atoms with Crippen molar-refractivity contribution in [2.45, 2.75) is 89.6 Å². The minimum atomic E-state index is -0.924. The summed E-state index contributed by atoms with van der Waals surface area (Å²) < 4.78 is 12.8. The molecule has 3 N–H and O–H groups in total. The predicted molar refractivity (Wildman–Crippen MR) is 116 cm³/mol. The van der Waals surface area contributed by atoms with Gasteiger partial charge in [-0.15, -0.1) is 0 Å². The number of aliphatic hydroxyl groups is 1. The molecular formula is C25H37NO4. The number of hydrogen-bond donors (Lipinski definition) is 3. The van der Waals surface area contributed by atoms with E-state index in [9.17, 15) is 10.2 Å². The Labute approximate surface area is 180 Å². The van der Waals surface area contributed by atoms with Crippen LogP contribution in [0.2, 0.25) is 0 Å². The van der Waals surface area contributed by atoms with Crippen molar-refractivity contribution in [3.63, 3.8) is 0 Å². The van der Waals surface area contributed by atoms with Crippen LogP contribution >= 0.6 is 0 Å². The number of aromatic hydroxyl groups is 1. The molecule has 2 bridgehead atoms. The first kappa shape index (κ1) is 20.6. The molecule has 2 fully saturated rings. The minimum Gasteiger partial charge on any atom is -0.504 e. The Morgan fingerprint density at radius 3 is 2.63 bits per heavy atom. The maximum Gasteiger partial charge on any atom is 0.165 e.